The number of hydrogen-bond acceptors (Lipinski definition) is 5. The molecular weight excluding hydrogens is 232 g/mol. The van der Waals surface area contributed by atoms with Gasteiger partial charge in [0, 0.05) is 12.6 Å². The molecule has 0 aliphatic carbocycles. The summed E-state index contributed by atoms with van der Waals surface area (Å²) < 4.78 is 4.65. The molecule has 1 N–H and O–H groups in total. The molecule has 0 bridgehead atoms. The highest BCUT2D eigenvalue weighted by atomic mass is 16.5. The van der Waals surface area contributed by atoms with Crippen LogP contribution >= 0.6 is 0 Å². The molecular formula is C13H18N2O3. The SMILES string of the molecule is COC(=O)c1cccc(CN2CCC[C@H]2CO)n1. The van der Waals surface area contributed by atoms with Gasteiger partial charge in [-0.2, -0.15) is 0 Å². The fourth-order valence-corrected chi connectivity index (χ4v) is 2.30. The first-order valence-corrected chi connectivity index (χ1v) is 6.13. The summed E-state index contributed by atoms with van der Waals surface area (Å²) >= 11 is 0. The monoisotopic (exact) mass is 250 g/mol. The standard InChI is InChI=1S/C13H18N2O3/c1-18-13(17)12-6-2-4-10(14-12)8-15-7-3-5-11(15)9-16/h2,4,6,11,16H,3,5,7-9H2,1H3/t11-/m0/s1. The van der Waals surface area contributed by atoms with Gasteiger partial charge in [-0.05, 0) is 31.5 Å². The number of likely N-dealkylation sites (tertiary alicyclic amines) is 1. The Labute approximate surface area is 106 Å². The Morgan fingerprint density at radius 3 is 3.17 bits per heavy atom. The van der Waals surface area contributed by atoms with Gasteiger partial charge >= 0.3 is 5.97 Å². The molecule has 18 heavy (non-hydrogen) atoms. The predicted molar refractivity (Wildman–Crippen MR) is 66.1 cm³/mol. The second-order valence-electron chi connectivity index (χ2n) is 4.45. The van der Waals surface area contributed by atoms with Crippen LogP contribution in [-0.4, -0.2) is 47.3 Å². The first-order valence-electron chi connectivity index (χ1n) is 6.13. The third-order valence-electron chi connectivity index (χ3n) is 3.28. The van der Waals surface area contributed by atoms with Gasteiger partial charge < -0.3 is 9.84 Å². The van der Waals surface area contributed by atoms with Gasteiger partial charge in [0.25, 0.3) is 0 Å². The molecule has 0 saturated carbocycles. The molecule has 2 rings (SSSR count). The first kappa shape index (κ1) is 13.0. The van der Waals surface area contributed by atoms with Crippen LogP contribution in [0.2, 0.25) is 0 Å². The summed E-state index contributed by atoms with van der Waals surface area (Å²) in [5, 5.41) is 9.26. The minimum Gasteiger partial charge on any atom is -0.464 e. The second kappa shape index (κ2) is 5.93. The Hall–Kier alpha value is -1.46. The summed E-state index contributed by atoms with van der Waals surface area (Å²) in [5.41, 5.74) is 1.16. The van der Waals surface area contributed by atoms with Gasteiger partial charge in [-0.3, -0.25) is 4.90 Å². The highest BCUT2D eigenvalue weighted by Gasteiger charge is 2.24. The van der Waals surface area contributed by atoms with Crippen LogP contribution < -0.4 is 0 Å². The third-order valence-corrected chi connectivity index (χ3v) is 3.28. The number of carbonyl (C=O) groups excluding carboxylic acids is 1. The molecule has 1 aromatic rings. The van der Waals surface area contributed by atoms with E-state index >= 15 is 0 Å². The van der Waals surface area contributed by atoms with Crippen LogP contribution in [0.15, 0.2) is 18.2 Å². The van der Waals surface area contributed by atoms with Crippen LogP contribution in [0.4, 0.5) is 0 Å². The average Bonchev–Trinajstić information content (AvgIpc) is 2.85. The zero-order chi connectivity index (χ0) is 13.0. The minimum atomic E-state index is -0.419. The van der Waals surface area contributed by atoms with Gasteiger partial charge in [-0.25, -0.2) is 9.78 Å². The molecule has 5 nitrogen and oxygen atoms in total. The highest BCUT2D eigenvalue weighted by Crippen LogP contribution is 2.19. The van der Waals surface area contributed by atoms with E-state index in [9.17, 15) is 9.90 Å². The van der Waals surface area contributed by atoms with Crippen molar-refractivity contribution in [2.45, 2.75) is 25.4 Å². The van der Waals surface area contributed by atoms with Crippen molar-refractivity contribution < 1.29 is 14.6 Å². The largest absolute Gasteiger partial charge is 0.464 e. The highest BCUT2D eigenvalue weighted by molar-refractivity contribution is 5.87. The van der Waals surface area contributed by atoms with Crippen LogP contribution in [-0.2, 0) is 11.3 Å². The van der Waals surface area contributed by atoms with Crippen molar-refractivity contribution in [2.75, 3.05) is 20.3 Å². The normalized spacial score (nSPS) is 20.0. The van der Waals surface area contributed by atoms with Crippen molar-refractivity contribution in [1.82, 2.24) is 9.88 Å². The van der Waals surface area contributed by atoms with Crippen LogP contribution in [0.1, 0.15) is 29.0 Å². The van der Waals surface area contributed by atoms with Gasteiger partial charge in [-0.15, -0.1) is 0 Å². The van der Waals surface area contributed by atoms with Crippen molar-refractivity contribution in [1.29, 1.82) is 0 Å². The Kier molecular flexibility index (Phi) is 4.28. The first-order chi connectivity index (χ1) is 8.74. The number of methoxy groups -OCH3 is 1. The molecule has 0 unspecified atom stereocenters. The van der Waals surface area contributed by atoms with Crippen LogP contribution in [0.25, 0.3) is 0 Å². The lowest BCUT2D eigenvalue weighted by Crippen LogP contribution is -2.32. The molecule has 1 aliphatic heterocycles. The third kappa shape index (κ3) is 2.86. The van der Waals surface area contributed by atoms with Gasteiger partial charge in [0.1, 0.15) is 5.69 Å². The van der Waals surface area contributed by atoms with E-state index in [-0.39, 0.29) is 12.6 Å². The molecule has 1 aromatic heterocycles. The number of aliphatic hydroxyl groups excluding tert-OH is 1. The average molecular weight is 250 g/mol. The van der Waals surface area contributed by atoms with E-state index in [1.807, 2.05) is 6.07 Å². The zero-order valence-electron chi connectivity index (χ0n) is 10.5. The van der Waals surface area contributed by atoms with Crippen LogP contribution in [0, 0.1) is 0 Å². The van der Waals surface area contributed by atoms with E-state index in [1.165, 1.54) is 7.11 Å². The number of ether oxygens (including phenoxy) is 1. The molecule has 2 heterocycles. The van der Waals surface area contributed by atoms with E-state index < -0.39 is 5.97 Å². The van der Waals surface area contributed by atoms with Crippen molar-refractivity contribution in [3.63, 3.8) is 0 Å². The molecule has 5 heteroatoms. The number of rotatable bonds is 4. The Morgan fingerprint density at radius 2 is 2.44 bits per heavy atom. The van der Waals surface area contributed by atoms with E-state index in [4.69, 9.17) is 0 Å². The van der Waals surface area contributed by atoms with Gasteiger partial charge in [-0.1, -0.05) is 6.07 Å². The lowest BCUT2D eigenvalue weighted by atomic mass is 10.2. The smallest absolute Gasteiger partial charge is 0.356 e. The maximum absolute atomic E-state index is 11.4. The Morgan fingerprint density at radius 1 is 1.61 bits per heavy atom. The summed E-state index contributed by atoms with van der Waals surface area (Å²) in [6.07, 6.45) is 2.12. The molecule has 0 radical (unpaired) electrons. The Bertz CT molecular complexity index is 422. The molecule has 0 amide bonds. The summed E-state index contributed by atoms with van der Waals surface area (Å²) in [4.78, 5) is 17.9. The van der Waals surface area contributed by atoms with Crippen molar-refractivity contribution in [2.24, 2.45) is 0 Å². The van der Waals surface area contributed by atoms with E-state index in [1.54, 1.807) is 12.1 Å². The molecule has 1 fully saturated rings. The molecule has 0 spiro atoms. The maximum Gasteiger partial charge on any atom is 0.356 e. The summed E-state index contributed by atoms with van der Waals surface area (Å²) in [6, 6.07) is 5.55. The Balaban J connectivity index is 2.07. The maximum atomic E-state index is 11.4. The number of aliphatic hydroxyl groups is 1. The number of hydrogen-bond donors (Lipinski definition) is 1. The predicted octanol–water partition coefficient (Wildman–Crippen LogP) is 0.825. The fourth-order valence-electron chi connectivity index (χ4n) is 2.30. The molecule has 1 saturated heterocycles. The quantitative estimate of drug-likeness (QED) is 0.802. The molecule has 98 valence electrons. The van der Waals surface area contributed by atoms with Crippen LogP contribution in [0.5, 0.6) is 0 Å². The number of pyridine rings is 1. The second-order valence-corrected chi connectivity index (χ2v) is 4.45. The molecule has 0 aromatic carbocycles. The van der Waals surface area contributed by atoms with Crippen LogP contribution in [0.3, 0.4) is 0 Å². The summed E-state index contributed by atoms with van der Waals surface area (Å²) in [5.74, 6) is -0.419. The van der Waals surface area contributed by atoms with Gasteiger partial charge in [0.15, 0.2) is 0 Å². The van der Waals surface area contributed by atoms with E-state index in [0.717, 1.165) is 25.1 Å². The molecule has 1 aliphatic rings. The van der Waals surface area contributed by atoms with Crippen molar-refractivity contribution in [3.05, 3.63) is 29.6 Å². The van der Waals surface area contributed by atoms with Crippen molar-refractivity contribution >= 4 is 5.97 Å². The van der Waals surface area contributed by atoms with E-state index in [0.29, 0.717) is 12.2 Å². The number of carbonyl (C=O) groups is 1. The minimum absolute atomic E-state index is 0.177. The topological polar surface area (TPSA) is 62.7 Å². The van der Waals surface area contributed by atoms with Gasteiger partial charge in [0.05, 0.1) is 19.4 Å². The summed E-state index contributed by atoms with van der Waals surface area (Å²) in [6.45, 7) is 1.81. The number of aromatic nitrogens is 1. The number of nitrogens with zero attached hydrogens (tertiary/aromatic N) is 2. The molecule has 1 atom stereocenters. The lowest BCUT2D eigenvalue weighted by Gasteiger charge is -2.22. The number of esters is 1. The van der Waals surface area contributed by atoms with E-state index in [2.05, 4.69) is 14.6 Å². The fraction of sp³-hybridized carbons (Fsp3) is 0.538. The van der Waals surface area contributed by atoms with Gasteiger partial charge in [0.2, 0.25) is 0 Å². The zero-order valence-corrected chi connectivity index (χ0v) is 10.5. The summed E-state index contributed by atoms with van der Waals surface area (Å²) in [7, 11) is 1.35. The van der Waals surface area contributed by atoms with Crippen molar-refractivity contribution in [3.8, 4) is 0 Å². The lowest BCUT2D eigenvalue weighted by molar-refractivity contribution is 0.0593.